The van der Waals surface area contributed by atoms with Crippen molar-refractivity contribution in [3.63, 3.8) is 0 Å². The van der Waals surface area contributed by atoms with Crippen LogP contribution in [-0.4, -0.2) is 38.1 Å². The van der Waals surface area contributed by atoms with Gasteiger partial charge in [0.2, 0.25) is 0 Å². The van der Waals surface area contributed by atoms with Crippen LogP contribution in [0.4, 0.5) is 5.69 Å². The van der Waals surface area contributed by atoms with Gasteiger partial charge < -0.3 is 15.4 Å². The first-order valence-electron chi connectivity index (χ1n) is 5.38. The molecule has 2 N–H and O–H groups in total. The summed E-state index contributed by atoms with van der Waals surface area (Å²) in [7, 11) is 3.94. The third-order valence-corrected chi connectivity index (χ3v) is 2.65. The average molecular weight is 257 g/mol. The van der Waals surface area contributed by atoms with Gasteiger partial charge in [0.15, 0.2) is 0 Å². The maximum Gasteiger partial charge on any atom is 0.339 e. The van der Waals surface area contributed by atoms with E-state index >= 15 is 0 Å². The highest BCUT2D eigenvalue weighted by atomic mass is 35.5. The number of ether oxygens (including phenoxy) is 1. The zero-order valence-electron chi connectivity index (χ0n) is 10.1. The van der Waals surface area contributed by atoms with Gasteiger partial charge in [0.25, 0.3) is 0 Å². The summed E-state index contributed by atoms with van der Waals surface area (Å²) in [6.07, 6.45) is 0.790. The number of carbonyl (C=O) groups excluding carboxylic acids is 1. The molecule has 1 rings (SSSR count). The fraction of sp³-hybridized carbons (Fsp3) is 0.417. The van der Waals surface area contributed by atoms with Crippen LogP contribution in [0.1, 0.15) is 16.8 Å². The Morgan fingerprint density at radius 3 is 2.82 bits per heavy atom. The second-order valence-corrected chi connectivity index (χ2v) is 4.38. The van der Waals surface area contributed by atoms with Crippen molar-refractivity contribution >= 4 is 23.3 Å². The molecular formula is C12H17ClN2O2. The Bertz CT molecular complexity index is 394. The Balaban J connectivity index is 2.50. The second kappa shape index (κ2) is 6.47. The Hall–Kier alpha value is -1.26. The molecule has 0 bridgehead atoms. The van der Waals surface area contributed by atoms with Crippen molar-refractivity contribution in [3.05, 3.63) is 28.8 Å². The van der Waals surface area contributed by atoms with E-state index < -0.39 is 5.97 Å². The van der Waals surface area contributed by atoms with Crippen LogP contribution in [0.3, 0.4) is 0 Å². The summed E-state index contributed by atoms with van der Waals surface area (Å²) >= 11 is 5.92. The van der Waals surface area contributed by atoms with Crippen molar-refractivity contribution < 1.29 is 9.53 Å². The zero-order chi connectivity index (χ0) is 12.8. The van der Waals surface area contributed by atoms with Crippen LogP contribution < -0.4 is 5.73 Å². The van der Waals surface area contributed by atoms with Crippen LogP contribution in [0.25, 0.3) is 0 Å². The van der Waals surface area contributed by atoms with Crippen molar-refractivity contribution in [1.29, 1.82) is 0 Å². The molecule has 5 heteroatoms. The van der Waals surface area contributed by atoms with E-state index in [9.17, 15) is 4.79 Å². The summed E-state index contributed by atoms with van der Waals surface area (Å²) in [5, 5.41) is 0.255. The molecule has 0 aliphatic carbocycles. The molecule has 0 aliphatic rings. The van der Waals surface area contributed by atoms with E-state index in [1.807, 2.05) is 19.0 Å². The molecule has 0 spiro atoms. The minimum atomic E-state index is -0.430. The number of nitrogen functional groups attached to an aromatic ring is 1. The molecule has 1 aromatic rings. The lowest BCUT2D eigenvalue weighted by Crippen LogP contribution is -2.16. The van der Waals surface area contributed by atoms with E-state index in [0.29, 0.717) is 17.9 Å². The third kappa shape index (κ3) is 4.24. The number of hydrogen-bond donors (Lipinski definition) is 1. The first kappa shape index (κ1) is 13.8. The highest BCUT2D eigenvalue weighted by Crippen LogP contribution is 2.23. The molecule has 0 heterocycles. The standard InChI is InChI=1S/C12H17ClN2O2/c1-15(2)7-4-8-17-12(16)9-5-3-6-10(14)11(9)13/h3,5-6H,4,7-8,14H2,1-2H3. The Kier molecular flexibility index (Phi) is 5.25. The largest absolute Gasteiger partial charge is 0.462 e. The van der Waals surface area contributed by atoms with E-state index in [2.05, 4.69) is 0 Å². The van der Waals surface area contributed by atoms with Crippen LogP contribution in [0.2, 0.25) is 5.02 Å². The third-order valence-electron chi connectivity index (χ3n) is 2.23. The van der Waals surface area contributed by atoms with Crippen LogP contribution >= 0.6 is 11.6 Å². The van der Waals surface area contributed by atoms with Crippen LogP contribution in [0.5, 0.6) is 0 Å². The molecule has 0 radical (unpaired) electrons. The summed E-state index contributed by atoms with van der Waals surface area (Å²) in [6, 6.07) is 4.93. The minimum Gasteiger partial charge on any atom is -0.462 e. The summed E-state index contributed by atoms with van der Waals surface area (Å²) in [4.78, 5) is 13.7. The normalized spacial score (nSPS) is 10.6. The molecule has 0 aliphatic heterocycles. The van der Waals surface area contributed by atoms with Gasteiger partial charge in [0.1, 0.15) is 0 Å². The fourth-order valence-electron chi connectivity index (χ4n) is 1.33. The number of halogens is 1. The lowest BCUT2D eigenvalue weighted by atomic mass is 10.2. The Labute approximate surface area is 106 Å². The van der Waals surface area contributed by atoms with Crippen LogP contribution in [0, 0.1) is 0 Å². The monoisotopic (exact) mass is 256 g/mol. The van der Waals surface area contributed by atoms with Crippen LogP contribution in [-0.2, 0) is 4.74 Å². The van der Waals surface area contributed by atoms with Gasteiger partial charge in [-0.1, -0.05) is 17.7 Å². The highest BCUT2D eigenvalue weighted by Gasteiger charge is 2.13. The van der Waals surface area contributed by atoms with E-state index in [1.54, 1.807) is 18.2 Å². The first-order valence-corrected chi connectivity index (χ1v) is 5.76. The number of carbonyl (C=O) groups is 1. The lowest BCUT2D eigenvalue weighted by Gasteiger charge is -2.10. The second-order valence-electron chi connectivity index (χ2n) is 4.00. The van der Waals surface area contributed by atoms with E-state index in [-0.39, 0.29) is 5.02 Å². The summed E-state index contributed by atoms with van der Waals surface area (Å²) in [6.45, 7) is 1.25. The maximum absolute atomic E-state index is 11.7. The minimum absolute atomic E-state index is 0.255. The molecular weight excluding hydrogens is 240 g/mol. The van der Waals surface area contributed by atoms with Gasteiger partial charge >= 0.3 is 5.97 Å². The van der Waals surface area contributed by atoms with Gasteiger partial charge in [-0.3, -0.25) is 0 Å². The molecule has 0 atom stereocenters. The molecule has 94 valence electrons. The smallest absolute Gasteiger partial charge is 0.339 e. The number of anilines is 1. The molecule has 0 aromatic heterocycles. The van der Waals surface area contributed by atoms with E-state index in [4.69, 9.17) is 22.1 Å². The molecule has 4 nitrogen and oxygen atoms in total. The average Bonchev–Trinajstić information content (AvgIpc) is 2.27. The molecule has 1 aromatic carbocycles. The molecule has 17 heavy (non-hydrogen) atoms. The van der Waals surface area contributed by atoms with Crippen molar-refractivity contribution in [2.75, 3.05) is 33.0 Å². The van der Waals surface area contributed by atoms with Gasteiger partial charge in [0.05, 0.1) is 22.9 Å². The number of nitrogens with two attached hydrogens (primary N) is 1. The lowest BCUT2D eigenvalue weighted by molar-refractivity contribution is 0.0493. The van der Waals surface area contributed by atoms with E-state index in [1.165, 1.54) is 0 Å². The van der Waals surface area contributed by atoms with Crippen molar-refractivity contribution in [2.45, 2.75) is 6.42 Å². The van der Waals surface area contributed by atoms with E-state index in [0.717, 1.165) is 13.0 Å². The topological polar surface area (TPSA) is 55.6 Å². The van der Waals surface area contributed by atoms with Crippen LogP contribution in [0.15, 0.2) is 18.2 Å². The zero-order valence-corrected chi connectivity index (χ0v) is 10.8. The molecule has 0 amide bonds. The SMILES string of the molecule is CN(C)CCCOC(=O)c1cccc(N)c1Cl. The summed E-state index contributed by atoms with van der Waals surface area (Å²) in [5.74, 6) is -0.430. The number of rotatable bonds is 5. The number of nitrogens with zero attached hydrogens (tertiary/aromatic N) is 1. The quantitative estimate of drug-likeness (QED) is 0.498. The summed E-state index contributed by atoms with van der Waals surface area (Å²) in [5.41, 5.74) is 6.31. The van der Waals surface area contributed by atoms with Gasteiger partial charge in [-0.15, -0.1) is 0 Å². The predicted octanol–water partition coefficient (Wildman–Crippen LogP) is 2.03. The number of esters is 1. The van der Waals surface area contributed by atoms with Gasteiger partial charge in [-0.25, -0.2) is 4.79 Å². The van der Waals surface area contributed by atoms with Crippen molar-refractivity contribution in [2.24, 2.45) is 0 Å². The first-order chi connectivity index (χ1) is 8.02. The van der Waals surface area contributed by atoms with Crippen molar-refractivity contribution in [1.82, 2.24) is 4.90 Å². The Morgan fingerprint density at radius 1 is 1.47 bits per heavy atom. The Morgan fingerprint density at radius 2 is 2.18 bits per heavy atom. The molecule has 0 saturated carbocycles. The van der Waals surface area contributed by atoms with Gasteiger partial charge in [-0.05, 0) is 32.6 Å². The molecule has 0 fully saturated rings. The van der Waals surface area contributed by atoms with Gasteiger partial charge in [-0.2, -0.15) is 0 Å². The predicted molar refractivity (Wildman–Crippen MR) is 69.3 cm³/mol. The molecule has 0 saturated heterocycles. The maximum atomic E-state index is 11.7. The van der Waals surface area contributed by atoms with Crippen molar-refractivity contribution in [3.8, 4) is 0 Å². The highest BCUT2D eigenvalue weighted by molar-refractivity contribution is 6.36. The van der Waals surface area contributed by atoms with Gasteiger partial charge in [0, 0.05) is 6.54 Å². The summed E-state index contributed by atoms with van der Waals surface area (Å²) < 4.78 is 5.11. The number of benzene rings is 1. The number of hydrogen-bond acceptors (Lipinski definition) is 4. The molecule has 0 unspecified atom stereocenters. The fourth-order valence-corrected chi connectivity index (χ4v) is 1.53.